The van der Waals surface area contributed by atoms with Crippen LogP contribution in [0.4, 0.5) is 5.82 Å². The molecule has 1 fully saturated rings. The van der Waals surface area contributed by atoms with Crippen molar-refractivity contribution in [2.24, 2.45) is 0 Å². The van der Waals surface area contributed by atoms with Gasteiger partial charge in [-0.15, -0.1) is 10.2 Å². The summed E-state index contributed by atoms with van der Waals surface area (Å²) in [6, 6.07) is 0. The van der Waals surface area contributed by atoms with Crippen molar-refractivity contribution >= 4 is 23.3 Å². The SMILES string of the molecule is CCOC(=O)c1ncn2c(N)c(C(=O)N3CCN(C)CC3)nnc12. The molecule has 1 aliphatic heterocycles. The Hall–Kier alpha value is -2.75. The number of carbonyl (C=O) groups is 2. The van der Waals surface area contributed by atoms with Gasteiger partial charge in [0, 0.05) is 26.2 Å². The van der Waals surface area contributed by atoms with Crippen molar-refractivity contribution in [1.29, 1.82) is 0 Å². The van der Waals surface area contributed by atoms with Gasteiger partial charge in [-0.05, 0) is 14.0 Å². The predicted molar refractivity (Wildman–Crippen MR) is 84.6 cm³/mol. The second-order valence-corrected chi connectivity index (χ2v) is 5.54. The van der Waals surface area contributed by atoms with Gasteiger partial charge < -0.3 is 20.3 Å². The number of hydrogen-bond donors (Lipinski definition) is 1. The summed E-state index contributed by atoms with van der Waals surface area (Å²) >= 11 is 0. The highest BCUT2D eigenvalue weighted by atomic mass is 16.5. The zero-order valence-corrected chi connectivity index (χ0v) is 13.6. The second kappa shape index (κ2) is 6.40. The molecule has 0 aromatic carbocycles. The first-order valence-corrected chi connectivity index (χ1v) is 7.67. The van der Waals surface area contributed by atoms with Crippen LogP contribution in [0, 0.1) is 0 Å². The van der Waals surface area contributed by atoms with Crippen molar-refractivity contribution in [2.45, 2.75) is 6.92 Å². The van der Waals surface area contributed by atoms with Gasteiger partial charge in [-0.2, -0.15) is 0 Å². The number of likely N-dealkylation sites (N-methyl/N-ethyl adjacent to an activating group) is 1. The van der Waals surface area contributed by atoms with Gasteiger partial charge in [-0.25, -0.2) is 9.78 Å². The van der Waals surface area contributed by atoms with Crippen LogP contribution in [-0.4, -0.2) is 81.1 Å². The minimum atomic E-state index is -0.605. The number of nitrogens with zero attached hydrogens (tertiary/aromatic N) is 6. The number of piperazine rings is 1. The van der Waals surface area contributed by atoms with Gasteiger partial charge in [0.2, 0.25) is 0 Å². The van der Waals surface area contributed by atoms with E-state index < -0.39 is 5.97 Å². The van der Waals surface area contributed by atoms with Crippen LogP contribution in [0.15, 0.2) is 6.33 Å². The lowest BCUT2D eigenvalue weighted by Crippen LogP contribution is -2.47. The minimum Gasteiger partial charge on any atom is -0.461 e. The van der Waals surface area contributed by atoms with E-state index >= 15 is 0 Å². The molecule has 0 bridgehead atoms. The van der Waals surface area contributed by atoms with Gasteiger partial charge >= 0.3 is 5.97 Å². The van der Waals surface area contributed by atoms with Crippen molar-refractivity contribution in [2.75, 3.05) is 45.6 Å². The minimum absolute atomic E-state index is 0.0228. The summed E-state index contributed by atoms with van der Waals surface area (Å²) in [6.07, 6.45) is 1.34. The number of ether oxygens (including phenoxy) is 1. The first kappa shape index (κ1) is 16.1. The lowest BCUT2D eigenvalue weighted by Gasteiger charge is -2.32. The molecule has 1 aliphatic rings. The van der Waals surface area contributed by atoms with E-state index in [0.717, 1.165) is 13.1 Å². The van der Waals surface area contributed by atoms with E-state index in [0.29, 0.717) is 13.1 Å². The highest BCUT2D eigenvalue weighted by Gasteiger charge is 2.26. The third-order valence-corrected chi connectivity index (χ3v) is 3.95. The van der Waals surface area contributed by atoms with Crippen molar-refractivity contribution in [3.8, 4) is 0 Å². The third-order valence-electron chi connectivity index (χ3n) is 3.95. The van der Waals surface area contributed by atoms with E-state index in [-0.39, 0.29) is 35.4 Å². The number of carbonyl (C=O) groups excluding carboxylic acids is 2. The monoisotopic (exact) mass is 333 g/mol. The summed E-state index contributed by atoms with van der Waals surface area (Å²) in [5.74, 6) is -0.778. The number of rotatable bonds is 3. The fourth-order valence-electron chi connectivity index (χ4n) is 2.53. The summed E-state index contributed by atoms with van der Waals surface area (Å²) in [5, 5.41) is 7.88. The number of amides is 1. The molecule has 0 spiro atoms. The van der Waals surface area contributed by atoms with Crippen LogP contribution in [0.5, 0.6) is 0 Å². The lowest BCUT2D eigenvalue weighted by atomic mass is 10.3. The summed E-state index contributed by atoms with van der Waals surface area (Å²) in [7, 11) is 2.00. The molecule has 2 aromatic heterocycles. The van der Waals surface area contributed by atoms with Gasteiger partial charge in [0.25, 0.3) is 5.91 Å². The molecule has 0 unspecified atom stereocenters. The van der Waals surface area contributed by atoms with Crippen molar-refractivity contribution in [3.63, 3.8) is 0 Å². The third kappa shape index (κ3) is 2.75. The Bertz CT molecular complexity index is 780. The van der Waals surface area contributed by atoms with E-state index in [4.69, 9.17) is 10.5 Å². The van der Waals surface area contributed by atoms with Gasteiger partial charge in [-0.1, -0.05) is 0 Å². The van der Waals surface area contributed by atoms with E-state index in [1.54, 1.807) is 11.8 Å². The first-order valence-electron chi connectivity index (χ1n) is 7.67. The molecule has 128 valence electrons. The highest BCUT2D eigenvalue weighted by Crippen LogP contribution is 2.17. The maximum absolute atomic E-state index is 12.6. The van der Waals surface area contributed by atoms with Crippen molar-refractivity contribution in [3.05, 3.63) is 17.7 Å². The smallest absolute Gasteiger partial charge is 0.360 e. The van der Waals surface area contributed by atoms with E-state index in [1.807, 2.05) is 7.05 Å². The summed E-state index contributed by atoms with van der Waals surface area (Å²) < 4.78 is 6.29. The molecule has 1 saturated heterocycles. The van der Waals surface area contributed by atoms with Crippen LogP contribution in [0.3, 0.4) is 0 Å². The van der Waals surface area contributed by atoms with E-state index in [1.165, 1.54) is 10.7 Å². The van der Waals surface area contributed by atoms with Crippen molar-refractivity contribution < 1.29 is 14.3 Å². The molecule has 1 amide bonds. The Kier molecular flexibility index (Phi) is 4.30. The number of esters is 1. The Morgan fingerprint density at radius 3 is 2.58 bits per heavy atom. The molecule has 0 saturated carbocycles. The number of imidazole rings is 1. The lowest BCUT2D eigenvalue weighted by molar-refractivity contribution is 0.0522. The Balaban J connectivity index is 1.92. The first-order chi connectivity index (χ1) is 11.5. The molecule has 2 N–H and O–H groups in total. The molecule has 0 atom stereocenters. The Morgan fingerprint density at radius 2 is 1.92 bits per heavy atom. The van der Waals surface area contributed by atoms with Gasteiger partial charge in [-0.3, -0.25) is 9.20 Å². The number of fused-ring (bicyclic) bond motifs is 1. The van der Waals surface area contributed by atoms with E-state index in [9.17, 15) is 9.59 Å². The Morgan fingerprint density at radius 1 is 1.21 bits per heavy atom. The predicted octanol–water partition coefficient (Wildman–Crippen LogP) is -0.729. The summed E-state index contributed by atoms with van der Waals surface area (Å²) in [5.41, 5.74) is 6.30. The van der Waals surface area contributed by atoms with Gasteiger partial charge in [0.15, 0.2) is 17.0 Å². The largest absolute Gasteiger partial charge is 0.461 e. The number of nitrogens with two attached hydrogens (primary N) is 1. The molecule has 3 rings (SSSR count). The number of aromatic nitrogens is 4. The molecule has 3 heterocycles. The van der Waals surface area contributed by atoms with Gasteiger partial charge in [0.05, 0.1) is 6.61 Å². The summed E-state index contributed by atoms with van der Waals surface area (Å²) in [6.45, 7) is 4.71. The van der Waals surface area contributed by atoms with Crippen LogP contribution in [0.1, 0.15) is 27.9 Å². The molecule has 0 radical (unpaired) electrons. The average molecular weight is 333 g/mol. The molecule has 10 nitrogen and oxygen atoms in total. The van der Waals surface area contributed by atoms with Crippen LogP contribution in [-0.2, 0) is 4.74 Å². The maximum Gasteiger partial charge on any atom is 0.360 e. The number of hydrogen-bond acceptors (Lipinski definition) is 8. The molecule has 10 heteroatoms. The fourth-order valence-corrected chi connectivity index (χ4v) is 2.53. The fraction of sp³-hybridized carbons (Fsp3) is 0.500. The van der Waals surface area contributed by atoms with Crippen LogP contribution >= 0.6 is 0 Å². The van der Waals surface area contributed by atoms with E-state index in [2.05, 4.69) is 20.1 Å². The number of anilines is 1. The summed E-state index contributed by atoms with van der Waals surface area (Å²) in [4.78, 5) is 32.3. The normalized spacial score (nSPS) is 15.7. The van der Waals surface area contributed by atoms with Crippen LogP contribution in [0.25, 0.3) is 5.65 Å². The molecule has 2 aromatic rings. The topological polar surface area (TPSA) is 119 Å². The molecular formula is C14H19N7O3. The second-order valence-electron chi connectivity index (χ2n) is 5.54. The zero-order chi connectivity index (χ0) is 17.3. The molecular weight excluding hydrogens is 314 g/mol. The Labute approximate surface area is 138 Å². The average Bonchev–Trinajstić information content (AvgIpc) is 3.00. The highest BCUT2D eigenvalue weighted by molar-refractivity contribution is 5.98. The standard InChI is InChI=1S/C14H19N7O3/c1-3-24-14(23)10-12-18-17-9(11(15)21(12)8-16-10)13(22)20-6-4-19(2)5-7-20/h8H,3-7,15H2,1-2H3. The van der Waals surface area contributed by atoms with Crippen LogP contribution < -0.4 is 5.73 Å². The maximum atomic E-state index is 12.6. The van der Waals surface area contributed by atoms with Crippen LogP contribution in [0.2, 0.25) is 0 Å². The number of nitrogen functional groups attached to an aromatic ring is 1. The van der Waals surface area contributed by atoms with Crippen molar-refractivity contribution in [1.82, 2.24) is 29.4 Å². The zero-order valence-electron chi connectivity index (χ0n) is 13.6. The molecule has 24 heavy (non-hydrogen) atoms. The quantitative estimate of drug-likeness (QED) is 0.730. The van der Waals surface area contributed by atoms with Gasteiger partial charge in [0.1, 0.15) is 12.1 Å². The molecule has 0 aliphatic carbocycles.